The van der Waals surface area contributed by atoms with E-state index < -0.39 is 9.84 Å². The first-order valence-corrected chi connectivity index (χ1v) is 8.95. The monoisotopic (exact) mass is 319 g/mol. The third-order valence-corrected chi connectivity index (χ3v) is 5.56. The largest absolute Gasteiger partial charge is 0.494 e. The van der Waals surface area contributed by atoms with Gasteiger partial charge in [0.05, 0.1) is 17.3 Å². The second-order valence-electron chi connectivity index (χ2n) is 5.17. The Morgan fingerprint density at radius 3 is 2.55 bits per heavy atom. The van der Waals surface area contributed by atoms with Crippen LogP contribution in [0.15, 0.2) is 41.6 Å². The lowest BCUT2D eigenvalue weighted by atomic mass is 10.1. The maximum Gasteiger partial charge on any atom is 0.178 e. The summed E-state index contributed by atoms with van der Waals surface area (Å²) in [5.41, 5.74) is 2.56. The fraction of sp³-hybridized carbons (Fsp3) is 0.353. The molecule has 0 bridgehead atoms. The molecule has 0 aliphatic carbocycles. The number of rotatable bonds is 6. The molecule has 22 heavy (non-hydrogen) atoms. The molecule has 0 radical (unpaired) electrons. The van der Waals surface area contributed by atoms with Gasteiger partial charge in [0.25, 0.3) is 0 Å². The van der Waals surface area contributed by atoms with E-state index in [4.69, 9.17) is 4.74 Å². The zero-order valence-electron chi connectivity index (χ0n) is 13.2. The molecule has 0 spiro atoms. The molecule has 4 nitrogen and oxygen atoms in total. The van der Waals surface area contributed by atoms with E-state index in [2.05, 4.69) is 4.98 Å². The smallest absolute Gasteiger partial charge is 0.178 e. The summed E-state index contributed by atoms with van der Waals surface area (Å²) in [5.74, 6) is 0.818. The fourth-order valence-electron chi connectivity index (χ4n) is 2.33. The number of sulfone groups is 1. The number of aryl methyl sites for hydroxylation is 1. The first-order valence-electron chi connectivity index (χ1n) is 7.30. The van der Waals surface area contributed by atoms with Gasteiger partial charge < -0.3 is 4.74 Å². The van der Waals surface area contributed by atoms with Crippen molar-refractivity contribution in [2.24, 2.45) is 0 Å². The molecule has 0 amide bonds. The Labute approximate surface area is 132 Å². The highest BCUT2D eigenvalue weighted by molar-refractivity contribution is 7.91. The molecule has 2 rings (SSSR count). The Hall–Kier alpha value is -1.88. The summed E-state index contributed by atoms with van der Waals surface area (Å²) in [4.78, 5) is 4.40. The standard InChI is InChI=1S/C17H21NO3S/c1-4-21-16-7-8-17(14(3)13(16)2)22(19,20)11-9-15-6-5-10-18-12-15/h5-8,10,12H,4,9,11H2,1-3H3. The first-order chi connectivity index (χ1) is 10.5. The van der Waals surface area contributed by atoms with E-state index in [1.54, 1.807) is 24.5 Å². The molecule has 1 heterocycles. The number of pyridine rings is 1. The minimum absolute atomic E-state index is 0.0763. The van der Waals surface area contributed by atoms with Gasteiger partial charge in [-0.2, -0.15) is 0 Å². The van der Waals surface area contributed by atoms with Crippen LogP contribution in [0.1, 0.15) is 23.6 Å². The van der Waals surface area contributed by atoms with Crippen molar-refractivity contribution in [1.29, 1.82) is 0 Å². The molecule has 0 aliphatic heterocycles. The normalized spacial score (nSPS) is 11.4. The highest BCUT2D eigenvalue weighted by Gasteiger charge is 2.19. The van der Waals surface area contributed by atoms with Crippen LogP contribution in [-0.4, -0.2) is 25.8 Å². The summed E-state index contributed by atoms with van der Waals surface area (Å²) in [6, 6.07) is 7.09. The predicted octanol–water partition coefficient (Wildman–Crippen LogP) is 3.11. The van der Waals surface area contributed by atoms with Crippen molar-refractivity contribution in [1.82, 2.24) is 4.98 Å². The molecule has 2 aromatic rings. The van der Waals surface area contributed by atoms with Crippen LogP contribution in [0.2, 0.25) is 0 Å². The van der Waals surface area contributed by atoms with E-state index >= 15 is 0 Å². The van der Waals surface area contributed by atoms with Crippen molar-refractivity contribution < 1.29 is 13.2 Å². The Morgan fingerprint density at radius 1 is 1.14 bits per heavy atom. The van der Waals surface area contributed by atoms with Gasteiger partial charge in [0.1, 0.15) is 5.75 Å². The number of hydrogen-bond donors (Lipinski definition) is 0. The quantitative estimate of drug-likeness (QED) is 0.821. The summed E-state index contributed by atoms with van der Waals surface area (Å²) in [5, 5.41) is 0. The van der Waals surface area contributed by atoms with Gasteiger partial charge in [0.15, 0.2) is 9.84 Å². The van der Waals surface area contributed by atoms with E-state index in [-0.39, 0.29) is 5.75 Å². The fourth-order valence-corrected chi connectivity index (χ4v) is 3.95. The van der Waals surface area contributed by atoms with Gasteiger partial charge in [-0.3, -0.25) is 4.98 Å². The Bertz CT molecular complexity index is 740. The minimum Gasteiger partial charge on any atom is -0.494 e. The summed E-state index contributed by atoms with van der Waals surface area (Å²) in [6.45, 7) is 6.19. The van der Waals surface area contributed by atoms with Crippen molar-refractivity contribution >= 4 is 9.84 Å². The van der Waals surface area contributed by atoms with Crippen molar-refractivity contribution in [3.63, 3.8) is 0 Å². The van der Waals surface area contributed by atoms with Crippen LogP contribution in [0.5, 0.6) is 5.75 Å². The van der Waals surface area contributed by atoms with Crippen LogP contribution in [0.25, 0.3) is 0 Å². The van der Waals surface area contributed by atoms with E-state index in [9.17, 15) is 8.42 Å². The molecule has 1 aromatic carbocycles. The molecule has 0 fully saturated rings. The van der Waals surface area contributed by atoms with Crippen LogP contribution in [0.4, 0.5) is 0 Å². The molecule has 118 valence electrons. The van der Waals surface area contributed by atoms with Gasteiger partial charge in [0.2, 0.25) is 0 Å². The van der Waals surface area contributed by atoms with Crippen molar-refractivity contribution in [2.45, 2.75) is 32.1 Å². The molecule has 1 aromatic heterocycles. The number of nitrogens with zero attached hydrogens (tertiary/aromatic N) is 1. The topological polar surface area (TPSA) is 56.3 Å². The second-order valence-corrected chi connectivity index (χ2v) is 7.25. The second kappa shape index (κ2) is 6.92. The molecule has 0 unspecified atom stereocenters. The van der Waals surface area contributed by atoms with Gasteiger partial charge in [0, 0.05) is 12.4 Å². The zero-order chi connectivity index (χ0) is 16.2. The van der Waals surface area contributed by atoms with Gasteiger partial charge >= 0.3 is 0 Å². The Balaban J connectivity index is 2.24. The highest BCUT2D eigenvalue weighted by Crippen LogP contribution is 2.28. The minimum atomic E-state index is -3.33. The Morgan fingerprint density at radius 2 is 1.91 bits per heavy atom. The summed E-state index contributed by atoms with van der Waals surface area (Å²) < 4.78 is 30.7. The third kappa shape index (κ3) is 3.65. The molecule has 0 atom stereocenters. The average Bonchev–Trinajstić information content (AvgIpc) is 2.51. The summed E-state index contributed by atoms with van der Waals surface area (Å²) in [6.07, 6.45) is 3.84. The number of ether oxygens (including phenoxy) is 1. The molecule has 0 aliphatic rings. The summed E-state index contributed by atoms with van der Waals surface area (Å²) >= 11 is 0. The number of hydrogen-bond acceptors (Lipinski definition) is 4. The first kappa shape index (κ1) is 16.5. The number of benzene rings is 1. The van der Waals surface area contributed by atoms with E-state index in [1.165, 1.54) is 0 Å². The maximum atomic E-state index is 12.6. The molecule has 0 saturated heterocycles. The lowest BCUT2D eigenvalue weighted by molar-refractivity contribution is 0.337. The van der Waals surface area contributed by atoms with Crippen LogP contribution in [0, 0.1) is 13.8 Å². The van der Waals surface area contributed by atoms with Gasteiger partial charge in [-0.15, -0.1) is 0 Å². The van der Waals surface area contributed by atoms with Crippen LogP contribution < -0.4 is 4.74 Å². The van der Waals surface area contributed by atoms with Crippen LogP contribution in [-0.2, 0) is 16.3 Å². The van der Waals surface area contributed by atoms with Gasteiger partial charge in [-0.1, -0.05) is 6.07 Å². The highest BCUT2D eigenvalue weighted by atomic mass is 32.2. The summed E-state index contributed by atoms with van der Waals surface area (Å²) in [7, 11) is -3.33. The maximum absolute atomic E-state index is 12.6. The van der Waals surface area contributed by atoms with Crippen LogP contribution >= 0.6 is 0 Å². The van der Waals surface area contributed by atoms with Crippen molar-refractivity contribution in [3.8, 4) is 5.75 Å². The zero-order valence-corrected chi connectivity index (χ0v) is 14.0. The molecular formula is C17H21NO3S. The van der Waals surface area contributed by atoms with Gasteiger partial charge in [-0.25, -0.2) is 8.42 Å². The van der Waals surface area contributed by atoms with Crippen LogP contribution in [0.3, 0.4) is 0 Å². The SMILES string of the molecule is CCOc1ccc(S(=O)(=O)CCc2cccnc2)c(C)c1C. The van der Waals surface area contributed by atoms with E-state index in [0.717, 1.165) is 22.4 Å². The lowest BCUT2D eigenvalue weighted by Crippen LogP contribution is -2.12. The average molecular weight is 319 g/mol. The van der Waals surface area contributed by atoms with Crippen molar-refractivity contribution in [3.05, 3.63) is 53.3 Å². The molecule has 0 saturated carbocycles. The molecule has 5 heteroatoms. The van der Waals surface area contributed by atoms with E-state index in [0.29, 0.717) is 17.9 Å². The lowest BCUT2D eigenvalue weighted by Gasteiger charge is -2.14. The van der Waals surface area contributed by atoms with Crippen molar-refractivity contribution in [2.75, 3.05) is 12.4 Å². The number of aromatic nitrogens is 1. The molecule has 0 N–H and O–H groups in total. The Kier molecular flexibility index (Phi) is 5.19. The van der Waals surface area contributed by atoms with E-state index in [1.807, 2.05) is 32.9 Å². The molecular weight excluding hydrogens is 298 g/mol. The predicted molar refractivity (Wildman–Crippen MR) is 87.1 cm³/mol. The third-order valence-electron chi connectivity index (χ3n) is 3.70. The van der Waals surface area contributed by atoms with Gasteiger partial charge in [-0.05, 0) is 62.1 Å².